The SMILES string of the molecule is COc1ccccc1C(=O)N(C(C)=O)c1ccccc1OC. The lowest BCUT2D eigenvalue weighted by Crippen LogP contribution is -2.35. The molecule has 0 N–H and O–H groups in total. The molecule has 114 valence electrons. The average Bonchev–Trinajstić information content (AvgIpc) is 2.55. The Labute approximate surface area is 129 Å². The Morgan fingerprint density at radius 2 is 1.41 bits per heavy atom. The van der Waals surface area contributed by atoms with Crippen LogP contribution in [0.25, 0.3) is 0 Å². The maximum absolute atomic E-state index is 12.8. The monoisotopic (exact) mass is 299 g/mol. The van der Waals surface area contributed by atoms with Crippen molar-refractivity contribution in [2.24, 2.45) is 0 Å². The Hall–Kier alpha value is -2.82. The van der Waals surface area contributed by atoms with Gasteiger partial charge in [-0.2, -0.15) is 0 Å². The molecule has 0 heterocycles. The van der Waals surface area contributed by atoms with Gasteiger partial charge in [0, 0.05) is 6.92 Å². The molecule has 0 unspecified atom stereocenters. The Balaban J connectivity index is 2.53. The molecule has 2 aromatic rings. The lowest BCUT2D eigenvalue weighted by molar-refractivity contribution is -0.116. The number of rotatable bonds is 4. The number of para-hydroxylation sites is 3. The maximum atomic E-state index is 12.8. The number of imide groups is 1. The zero-order chi connectivity index (χ0) is 16.1. The van der Waals surface area contributed by atoms with Crippen LogP contribution in [0.1, 0.15) is 17.3 Å². The molecule has 0 radical (unpaired) electrons. The van der Waals surface area contributed by atoms with Crippen molar-refractivity contribution in [3.8, 4) is 11.5 Å². The molecule has 5 heteroatoms. The van der Waals surface area contributed by atoms with Gasteiger partial charge in [-0.25, -0.2) is 4.90 Å². The second-order valence-electron chi connectivity index (χ2n) is 4.53. The van der Waals surface area contributed by atoms with Crippen LogP contribution in [0.2, 0.25) is 0 Å². The Kier molecular flexibility index (Phi) is 4.78. The molecule has 22 heavy (non-hydrogen) atoms. The van der Waals surface area contributed by atoms with Crippen molar-refractivity contribution < 1.29 is 19.1 Å². The van der Waals surface area contributed by atoms with Crippen LogP contribution in [0.4, 0.5) is 5.69 Å². The minimum absolute atomic E-state index is 0.311. The van der Waals surface area contributed by atoms with Crippen molar-refractivity contribution in [2.75, 3.05) is 19.1 Å². The highest BCUT2D eigenvalue weighted by Crippen LogP contribution is 2.30. The summed E-state index contributed by atoms with van der Waals surface area (Å²) in [5, 5.41) is 0. The lowest BCUT2D eigenvalue weighted by atomic mass is 10.1. The van der Waals surface area contributed by atoms with Crippen LogP contribution in [-0.2, 0) is 4.79 Å². The van der Waals surface area contributed by atoms with Crippen LogP contribution >= 0.6 is 0 Å². The molecular formula is C17H17NO4. The smallest absolute Gasteiger partial charge is 0.268 e. The summed E-state index contributed by atoms with van der Waals surface area (Å²) >= 11 is 0. The number of benzene rings is 2. The van der Waals surface area contributed by atoms with Crippen molar-refractivity contribution in [3.05, 3.63) is 54.1 Å². The number of nitrogens with zero attached hydrogens (tertiary/aromatic N) is 1. The summed E-state index contributed by atoms with van der Waals surface area (Å²) in [6.07, 6.45) is 0. The number of hydrogen-bond donors (Lipinski definition) is 0. The predicted octanol–water partition coefficient (Wildman–Crippen LogP) is 2.90. The zero-order valence-electron chi connectivity index (χ0n) is 12.7. The molecule has 0 aliphatic carbocycles. The van der Waals surface area contributed by atoms with Crippen molar-refractivity contribution in [3.63, 3.8) is 0 Å². The van der Waals surface area contributed by atoms with Crippen LogP contribution in [0.5, 0.6) is 11.5 Å². The number of hydrogen-bond acceptors (Lipinski definition) is 4. The van der Waals surface area contributed by atoms with Crippen LogP contribution < -0.4 is 14.4 Å². The summed E-state index contributed by atoms with van der Waals surface area (Å²) < 4.78 is 10.4. The van der Waals surface area contributed by atoms with E-state index in [0.717, 1.165) is 4.90 Å². The van der Waals surface area contributed by atoms with E-state index in [2.05, 4.69) is 0 Å². The summed E-state index contributed by atoms with van der Waals surface area (Å²) in [6.45, 7) is 1.33. The molecule has 0 fully saturated rings. The van der Waals surface area contributed by atoms with E-state index in [-0.39, 0.29) is 0 Å². The van der Waals surface area contributed by atoms with Gasteiger partial charge in [-0.3, -0.25) is 9.59 Å². The van der Waals surface area contributed by atoms with Gasteiger partial charge in [-0.15, -0.1) is 0 Å². The number of anilines is 1. The molecular weight excluding hydrogens is 282 g/mol. The summed E-state index contributed by atoms with van der Waals surface area (Å²) in [6, 6.07) is 13.6. The van der Waals surface area contributed by atoms with Gasteiger partial charge in [0.05, 0.1) is 25.5 Å². The summed E-state index contributed by atoms with van der Waals surface area (Å²) in [4.78, 5) is 25.9. The molecule has 0 aromatic heterocycles. The minimum Gasteiger partial charge on any atom is -0.496 e. The number of carbonyl (C=O) groups excluding carboxylic acids is 2. The fraction of sp³-hybridized carbons (Fsp3) is 0.176. The van der Waals surface area contributed by atoms with Crippen LogP contribution in [-0.4, -0.2) is 26.0 Å². The lowest BCUT2D eigenvalue weighted by Gasteiger charge is -2.22. The van der Waals surface area contributed by atoms with Gasteiger partial charge in [0.15, 0.2) is 0 Å². The van der Waals surface area contributed by atoms with E-state index in [9.17, 15) is 9.59 Å². The van der Waals surface area contributed by atoms with Gasteiger partial charge in [0.25, 0.3) is 5.91 Å². The molecule has 0 saturated heterocycles. The fourth-order valence-electron chi connectivity index (χ4n) is 2.18. The molecule has 0 aliphatic rings. The second-order valence-corrected chi connectivity index (χ2v) is 4.53. The van der Waals surface area contributed by atoms with Gasteiger partial charge in [0.1, 0.15) is 11.5 Å². The third-order valence-electron chi connectivity index (χ3n) is 3.18. The highest BCUT2D eigenvalue weighted by molar-refractivity contribution is 6.22. The Morgan fingerprint density at radius 1 is 0.864 bits per heavy atom. The second kappa shape index (κ2) is 6.76. The van der Waals surface area contributed by atoms with Gasteiger partial charge < -0.3 is 9.47 Å². The predicted molar refractivity (Wildman–Crippen MR) is 83.5 cm³/mol. The highest BCUT2D eigenvalue weighted by Gasteiger charge is 2.26. The molecule has 0 aliphatic heterocycles. The molecule has 5 nitrogen and oxygen atoms in total. The molecule has 2 aromatic carbocycles. The summed E-state index contributed by atoms with van der Waals surface area (Å²) in [5.41, 5.74) is 0.708. The van der Waals surface area contributed by atoms with Crippen LogP contribution in [0.3, 0.4) is 0 Å². The Morgan fingerprint density at radius 3 is 2.00 bits per heavy atom. The highest BCUT2D eigenvalue weighted by atomic mass is 16.5. The fourth-order valence-corrected chi connectivity index (χ4v) is 2.18. The van der Waals surface area contributed by atoms with Crippen molar-refractivity contribution in [1.82, 2.24) is 0 Å². The minimum atomic E-state index is -0.463. The van der Waals surface area contributed by atoms with Crippen LogP contribution in [0, 0.1) is 0 Å². The van der Waals surface area contributed by atoms with Gasteiger partial charge >= 0.3 is 0 Å². The molecule has 2 amide bonds. The maximum Gasteiger partial charge on any atom is 0.268 e. The van der Waals surface area contributed by atoms with Crippen molar-refractivity contribution >= 4 is 17.5 Å². The zero-order valence-corrected chi connectivity index (χ0v) is 12.7. The first-order valence-electron chi connectivity index (χ1n) is 6.71. The van der Waals surface area contributed by atoms with E-state index in [1.807, 2.05) is 0 Å². The van der Waals surface area contributed by atoms with E-state index < -0.39 is 11.8 Å². The van der Waals surface area contributed by atoms with Crippen molar-refractivity contribution in [1.29, 1.82) is 0 Å². The molecule has 0 atom stereocenters. The standard InChI is InChI=1S/C17H17NO4/c1-12(19)18(14-9-5-7-11-16(14)22-3)17(20)13-8-4-6-10-15(13)21-2/h4-11H,1-3H3. The quantitative estimate of drug-likeness (QED) is 0.871. The molecule has 0 bridgehead atoms. The third kappa shape index (κ3) is 2.93. The summed E-state index contributed by atoms with van der Waals surface area (Å²) in [5.74, 6) is -0.00977. The number of ether oxygens (including phenoxy) is 2. The number of methoxy groups -OCH3 is 2. The van der Waals surface area contributed by atoms with E-state index in [0.29, 0.717) is 22.7 Å². The summed E-state index contributed by atoms with van der Waals surface area (Å²) in [7, 11) is 2.97. The van der Waals surface area contributed by atoms with E-state index in [4.69, 9.17) is 9.47 Å². The first-order valence-corrected chi connectivity index (χ1v) is 6.71. The first-order chi connectivity index (χ1) is 10.6. The van der Waals surface area contributed by atoms with E-state index in [1.165, 1.54) is 21.1 Å². The normalized spacial score (nSPS) is 9.95. The van der Waals surface area contributed by atoms with Gasteiger partial charge in [-0.05, 0) is 24.3 Å². The van der Waals surface area contributed by atoms with E-state index in [1.54, 1.807) is 48.5 Å². The first kappa shape index (κ1) is 15.6. The number of amides is 2. The van der Waals surface area contributed by atoms with Gasteiger partial charge in [-0.1, -0.05) is 24.3 Å². The largest absolute Gasteiger partial charge is 0.496 e. The van der Waals surface area contributed by atoms with E-state index >= 15 is 0 Å². The molecule has 0 saturated carbocycles. The van der Waals surface area contributed by atoms with Crippen molar-refractivity contribution in [2.45, 2.75) is 6.92 Å². The Bertz CT molecular complexity index is 697. The molecule has 0 spiro atoms. The average molecular weight is 299 g/mol. The van der Waals surface area contributed by atoms with Crippen LogP contribution in [0.15, 0.2) is 48.5 Å². The number of carbonyl (C=O) groups is 2. The van der Waals surface area contributed by atoms with Gasteiger partial charge in [0.2, 0.25) is 5.91 Å². The molecule has 2 rings (SSSR count). The third-order valence-corrected chi connectivity index (χ3v) is 3.18. The topological polar surface area (TPSA) is 55.8 Å².